The van der Waals surface area contributed by atoms with E-state index in [0.29, 0.717) is 10.1 Å². The van der Waals surface area contributed by atoms with Crippen LogP contribution in [0.3, 0.4) is 0 Å². The number of halogens is 1. The smallest absolute Gasteiger partial charge is 0.264 e. The molecule has 1 fully saturated rings. The SMILES string of the molecule is O=C1NC(=Nc2cccc3ccccc23)SC1=Cc1ccc(Br)cc1. The number of hydrogen-bond donors (Lipinski definition) is 1. The first-order valence-corrected chi connectivity index (χ1v) is 9.33. The molecule has 0 aliphatic carbocycles. The van der Waals surface area contributed by atoms with Gasteiger partial charge in [0, 0.05) is 9.86 Å². The summed E-state index contributed by atoms with van der Waals surface area (Å²) in [6.45, 7) is 0. The van der Waals surface area contributed by atoms with Crippen molar-refractivity contribution < 1.29 is 4.79 Å². The summed E-state index contributed by atoms with van der Waals surface area (Å²) in [5, 5.41) is 5.64. The largest absolute Gasteiger partial charge is 0.300 e. The van der Waals surface area contributed by atoms with Gasteiger partial charge in [-0.1, -0.05) is 64.5 Å². The van der Waals surface area contributed by atoms with Crippen LogP contribution in [0, 0.1) is 0 Å². The Hall–Kier alpha value is -2.37. The second-order valence-electron chi connectivity index (χ2n) is 5.53. The van der Waals surface area contributed by atoms with Crippen LogP contribution >= 0.6 is 27.7 Å². The summed E-state index contributed by atoms with van der Waals surface area (Å²) in [5.41, 5.74) is 1.83. The number of amides is 1. The van der Waals surface area contributed by atoms with E-state index < -0.39 is 0 Å². The van der Waals surface area contributed by atoms with Crippen molar-refractivity contribution in [1.29, 1.82) is 0 Å². The van der Waals surface area contributed by atoms with Crippen LogP contribution in [0.15, 0.2) is 81.1 Å². The van der Waals surface area contributed by atoms with Gasteiger partial charge >= 0.3 is 0 Å². The minimum absolute atomic E-state index is 0.119. The van der Waals surface area contributed by atoms with Crippen molar-refractivity contribution in [3.8, 4) is 0 Å². The number of hydrogen-bond acceptors (Lipinski definition) is 3. The van der Waals surface area contributed by atoms with Crippen LogP contribution in [0.1, 0.15) is 5.56 Å². The Morgan fingerprint density at radius 3 is 2.56 bits per heavy atom. The normalized spacial score (nSPS) is 17.4. The number of amidine groups is 1. The number of nitrogens with one attached hydrogen (secondary N) is 1. The highest BCUT2D eigenvalue weighted by atomic mass is 79.9. The van der Waals surface area contributed by atoms with Crippen LogP contribution in [0.5, 0.6) is 0 Å². The molecule has 1 amide bonds. The average Bonchev–Trinajstić information content (AvgIpc) is 2.96. The number of nitrogens with zero attached hydrogens (tertiary/aromatic N) is 1. The van der Waals surface area contributed by atoms with Crippen molar-refractivity contribution in [3.05, 3.63) is 81.7 Å². The highest BCUT2D eigenvalue weighted by molar-refractivity contribution is 9.10. The van der Waals surface area contributed by atoms with Crippen molar-refractivity contribution in [3.63, 3.8) is 0 Å². The molecular formula is C20H13BrN2OS. The summed E-state index contributed by atoms with van der Waals surface area (Å²) >= 11 is 4.77. The number of aliphatic imine (C=N–C) groups is 1. The topological polar surface area (TPSA) is 41.5 Å². The maximum absolute atomic E-state index is 12.2. The van der Waals surface area contributed by atoms with Crippen LogP contribution in [0.25, 0.3) is 16.8 Å². The minimum Gasteiger partial charge on any atom is -0.300 e. The molecule has 0 aromatic heterocycles. The number of fused-ring (bicyclic) bond motifs is 1. The van der Waals surface area contributed by atoms with E-state index in [0.717, 1.165) is 26.5 Å². The molecule has 4 rings (SSSR count). The van der Waals surface area contributed by atoms with Gasteiger partial charge in [-0.15, -0.1) is 0 Å². The summed E-state index contributed by atoms with van der Waals surface area (Å²) < 4.78 is 1.01. The third kappa shape index (κ3) is 3.52. The molecule has 0 radical (unpaired) electrons. The van der Waals surface area contributed by atoms with Gasteiger partial charge in [-0.3, -0.25) is 4.79 Å². The summed E-state index contributed by atoms with van der Waals surface area (Å²) in [7, 11) is 0. The van der Waals surface area contributed by atoms with Crippen LogP contribution in [0.4, 0.5) is 5.69 Å². The molecule has 1 aliphatic rings. The first kappa shape index (κ1) is 16.1. The van der Waals surface area contributed by atoms with Crippen LogP contribution in [-0.2, 0) is 4.79 Å². The quantitative estimate of drug-likeness (QED) is 0.569. The van der Waals surface area contributed by atoms with Crippen LogP contribution in [0.2, 0.25) is 0 Å². The van der Waals surface area contributed by atoms with E-state index in [4.69, 9.17) is 0 Å². The lowest BCUT2D eigenvalue weighted by molar-refractivity contribution is -0.115. The molecule has 0 saturated carbocycles. The molecule has 5 heteroatoms. The summed E-state index contributed by atoms with van der Waals surface area (Å²) in [5.74, 6) is -0.119. The molecule has 1 N–H and O–H groups in total. The Morgan fingerprint density at radius 1 is 0.960 bits per heavy atom. The maximum Gasteiger partial charge on any atom is 0.264 e. The van der Waals surface area contributed by atoms with Crippen LogP contribution < -0.4 is 5.32 Å². The lowest BCUT2D eigenvalue weighted by Gasteiger charge is -2.02. The van der Waals surface area contributed by atoms with Crippen molar-refractivity contribution >= 4 is 61.3 Å². The zero-order chi connectivity index (χ0) is 17.2. The van der Waals surface area contributed by atoms with E-state index in [1.54, 1.807) is 0 Å². The van der Waals surface area contributed by atoms with Crippen molar-refractivity contribution in [2.24, 2.45) is 4.99 Å². The van der Waals surface area contributed by atoms with E-state index in [9.17, 15) is 4.79 Å². The fraction of sp³-hybridized carbons (Fsp3) is 0. The molecule has 1 saturated heterocycles. The van der Waals surface area contributed by atoms with Gasteiger partial charge in [-0.2, -0.15) is 0 Å². The summed E-state index contributed by atoms with van der Waals surface area (Å²) in [4.78, 5) is 17.5. The molecule has 0 bridgehead atoms. The standard InChI is InChI=1S/C20H13BrN2OS/c21-15-10-8-13(9-11-15)12-18-19(24)23-20(25-18)22-17-7-3-5-14-4-1-2-6-16(14)17/h1-12H,(H,22,23,24). The molecule has 3 aromatic rings. The Bertz CT molecular complexity index is 1020. The Kier molecular flexibility index (Phi) is 4.42. The van der Waals surface area contributed by atoms with E-state index >= 15 is 0 Å². The molecule has 25 heavy (non-hydrogen) atoms. The molecular weight excluding hydrogens is 396 g/mol. The lowest BCUT2D eigenvalue weighted by Crippen LogP contribution is -2.19. The summed E-state index contributed by atoms with van der Waals surface area (Å²) in [6, 6.07) is 21.9. The monoisotopic (exact) mass is 408 g/mol. The number of thioether (sulfide) groups is 1. The molecule has 0 atom stereocenters. The highest BCUT2D eigenvalue weighted by Gasteiger charge is 2.23. The van der Waals surface area contributed by atoms with Gasteiger partial charge in [0.25, 0.3) is 5.91 Å². The lowest BCUT2D eigenvalue weighted by atomic mass is 10.1. The number of carbonyl (C=O) groups excluding carboxylic acids is 1. The van der Waals surface area contributed by atoms with Crippen molar-refractivity contribution in [1.82, 2.24) is 5.32 Å². The van der Waals surface area contributed by atoms with E-state index in [-0.39, 0.29) is 5.91 Å². The van der Waals surface area contributed by atoms with Gasteiger partial charge in [0.2, 0.25) is 0 Å². The fourth-order valence-electron chi connectivity index (χ4n) is 2.61. The first-order chi connectivity index (χ1) is 12.2. The second-order valence-corrected chi connectivity index (χ2v) is 7.48. The molecule has 3 nitrogen and oxygen atoms in total. The van der Waals surface area contributed by atoms with Crippen molar-refractivity contribution in [2.45, 2.75) is 0 Å². The van der Waals surface area contributed by atoms with E-state index in [2.05, 4.69) is 38.4 Å². The summed E-state index contributed by atoms with van der Waals surface area (Å²) in [6.07, 6.45) is 1.87. The third-order valence-corrected chi connectivity index (χ3v) is 5.25. The third-order valence-electron chi connectivity index (χ3n) is 3.81. The number of carbonyl (C=O) groups is 1. The fourth-order valence-corrected chi connectivity index (χ4v) is 3.71. The molecule has 122 valence electrons. The van der Waals surface area contributed by atoms with Gasteiger partial charge in [-0.25, -0.2) is 4.99 Å². The maximum atomic E-state index is 12.2. The minimum atomic E-state index is -0.119. The average molecular weight is 409 g/mol. The van der Waals surface area contributed by atoms with Gasteiger partial charge in [-0.05, 0) is 47.0 Å². The highest BCUT2D eigenvalue weighted by Crippen LogP contribution is 2.31. The Balaban J connectivity index is 1.65. The van der Waals surface area contributed by atoms with Crippen molar-refractivity contribution in [2.75, 3.05) is 0 Å². The first-order valence-electron chi connectivity index (χ1n) is 7.72. The zero-order valence-corrected chi connectivity index (χ0v) is 15.5. The molecule has 0 unspecified atom stereocenters. The number of rotatable bonds is 2. The molecule has 0 spiro atoms. The Labute approximate surface area is 158 Å². The predicted octanol–water partition coefficient (Wildman–Crippen LogP) is 5.49. The van der Waals surface area contributed by atoms with Gasteiger partial charge in [0.15, 0.2) is 5.17 Å². The van der Waals surface area contributed by atoms with E-state index in [1.807, 2.05) is 60.7 Å². The predicted molar refractivity (Wildman–Crippen MR) is 109 cm³/mol. The zero-order valence-electron chi connectivity index (χ0n) is 13.1. The number of benzene rings is 3. The van der Waals surface area contributed by atoms with Gasteiger partial charge in [0.1, 0.15) is 0 Å². The molecule has 1 heterocycles. The second kappa shape index (κ2) is 6.86. The van der Waals surface area contributed by atoms with Gasteiger partial charge < -0.3 is 5.32 Å². The van der Waals surface area contributed by atoms with Crippen LogP contribution in [-0.4, -0.2) is 11.1 Å². The Morgan fingerprint density at radius 2 is 1.72 bits per heavy atom. The van der Waals surface area contributed by atoms with Gasteiger partial charge in [0.05, 0.1) is 10.6 Å². The molecule has 3 aromatic carbocycles. The van der Waals surface area contributed by atoms with E-state index in [1.165, 1.54) is 11.8 Å². The molecule has 1 aliphatic heterocycles.